The van der Waals surface area contributed by atoms with Crippen molar-refractivity contribution >= 4 is 17.6 Å². The quantitative estimate of drug-likeness (QED) is 0.805. The summed E-state index contributed by atoms with van der Waals surface area (Å²) in [5.41, 5.74) is 7.12. The molecule has 2 rings (SSSR count). The molecule has 1 heterocycles. The molecule has 0 radical (unpaired) electrons. The minimum absolute atomic E-state index is 0.0824. The average Bonchev–Trinajstić information content (AvgIpc) is 2.80. The molecule has 0 amide bonds. The summed E-state index contributed by atoms with van der Waals surface area (Å²) in [6.45, 7) is 2.33. The zero-order valence-electron chi connectivity index (χ0n) is 11.4. The van der Waals surface area contributed by atoms with Crippen molar-refractivity contribution in [1.82, 2.24) is 9.78 Å². The van der Waals surface area contributed by atoms with E-state index in [-0.39, 0.29) is 23.6 Å². The Labute approximate surface area is 120 Å². The fourth-order valence-corrected chi connectivity index (χ4v) is 1.82. The van der Waals surface area contributed by atoms with E-state index >= 15 is 0 Å². The summed E-state index contributed by atoms with van der Waals surface area (Å²) >= 11 is 0. The van der Waals surface area contributed by atoms with Crippen LogP contribution in [0.25, 0.3) is 0 Å². The van der Waals surface area contributed by atoms with Crippen molar-refractivity contribution in [3.05, 3.63) is 47.3 Å². The molecule has 0 aliphatic carbocycles. The highest BCUT2D eigenvalue weighted by atomic mass is 16.5. The molecule has 110 valence electrons. The predicted molar refractivity (Wildman–Crippen MR) is 75.1 cm³/mol. The van der Waals surface area contributed by atoms with Gasteiger partial charge in [0.1, 0.15) is 0 Å². The first-order valence-corrected chi connectivity index (χ1v) is 6.33. The van der Waals surface area contributed by atoms with Crippen LogP contribution in [-0.2, 0) is 11.3 Å². The smallest absolute Gasteiger partial charge is 0.361 e. The molecule has 0 unspecified atom stereocenters. The summed E-state index contributed by atoms with van der Waals surface area (Å²) in [5.74, 6) is -1.54. The molecule has 7 nitrogen and oxygen atoms in total. The first kappa shape index (κ1) is 14.6. The lowest BCUT2D eigenvalue weighted by molar-refractivity contribution is 0.0519. The molecule has 21 heavy (non-hydrogen) atoms. The largest absolute Gasteiger partial charge is 0.478 e. The number of carbonyl (C=O) groups is 2. The zero-order valence-corrected chi connectivity index (χ0v) is 11.4. The Morgan fingerprint density at radius 1 is 1.33 bits per heavy atom. The highest BCUT2D eigenvalue weighted by Crippen LogP contribution is 2.13. The minimum atomic E-state index is -0.977. The van der Waals surface area contributed by atoms with Crippen molar-refractivity contribution < 1.29 is 19.4 Å². The predicted octanol–water partition coefficient (Wildman–Crippen LogP) is 1.39. The molecule has 2 aromatic rings. The fourth-order valence-electron chi connectivity index (χ4n) is 1.82. The third-order valence-corrected chi connectivity index (χ3v) is 2.80. The first-order valence-electron chi connectivity index (χ1n) is 6.33. The summed E-state index contributed by atoms with van der Waals surface area (Å²) in [4.78, 5) is 22.4. The molecule has 0 spiro atoms. The van der Waals surface area contributed by atoms with Gasteiger partial charge < -0.3 is 15.6 Å². The Kier molecular flexibility index (Phi) is 4.22. The number of ether oxygens (including phenoxy) is 1. The Bertz CT molecular complexity index is 661. The third kappa shape index (κ3) is 3.38. The second-order valence-electron chi connectivity index (χ2n) is 4.35. The normalized spacial score (nSPS) is 10.3. The summed E-state index contributed by atoms with van der Waals surface area (Å²) in [6.07, 6.45) is 1.54. The van der Waals surface area contributed by atoms with Crippen LogP contribution in [0, 0.1) is 0 Å². The molecule has 1 aromatic carbocycles. The van der Waals surface area contributed by atoms with Crippen LogP contribution >= 0.6 is 0 Å². The molecule has 7 heteroatoms. The van der Waals surface area contributed by atoms with Gasteiger partial charge in [-0.15, -0.1) is 0 Å². The number of aromatic carboxylic acids is 1. The van der Waals surface area contributed by atoms with Crippen LogP contribution in [-0.4, -0.2) is 33.4 Å². The molecule has 0 bridgehead atoms. The summed E-state index contributed by atoms with van der Waals surface area (Å²) in [6, 6.07) is 6.39. The van der Waals surface area contributed by atoms with Crippen LogP contribution in [0.3, 0.4) is 0 Å². The van der Waals surface area contributed by atoms with Crippen molar-refractivity contribution in [2.75, 3.05) is 12.3 Å². The van der Waals surface area contributed by atoms with Gasteiger partial charge in [-0.2, -0.15) is 5.10 Å². The standard InChI is InChI=1S/C14H15N3O4/c1-2-21-14(20)12-11(15)8-17(16-12)7-9-3-5-10(6-4-9)13(18)19/h3-6,8H,2,7,15H2,1H3,(H,18,19). The summed E-state index contributed by atoms with van der Waals surface area (Å²) < 4.78 is 6.37. The van der Waals surface area contributed by atoms with E-state index in [9.17, 15) is 9.59 Å². The Morgan fingerprint density at radius 2 is 2.00 bits per heavy atom. The molecule has 0 fully saturated rings. The van der Waals surface area contributed by atoms with Crippen LogP contribution in [0.4, 0.5) is 5.69 Å². The van der Waals surface area contributed by atoms with Crippen molar-refractivity contribution in [3.63, 3.8) is 0 Å². The van der Waals surface area contributed by atoms with Crippen molar-refractivity contribution in [2.45, 2.75) is 13.5 Å². The number of carboxylic acid groups (broad SMARTS) is 1. The SMILES string of the molecule is CCOC(=O)c1nn(Cc2ccc(C(=O)O)cc2)cc1N. The lowest BCUT2D eigenvalue weighted by Gasteiger charge is -2.02. The van der Waals surface area contributed by atoms with E-state index < -0.39 is 11.9 Å². The number of benzene rings is 1. The number of carbonyl (C=O) groups excluding carboxylic acids is 1. The maximum absolute atomic E-state index is 11.6. The number of esters is 1. The molecule has 0 saturated carbocycles. The first-order chi connectivity index (χ1) is 10.0. The highest BCUT2D eigenvalue weighted by Gasteiger charge is 2.16. The van der Waals surface area contributed by atoms with Crippen LogP contribution < -0.4 is 5.73 Å². The van der Waals surface area contributed by atoms with Crippen LogP contribution in [0.2, 0.25) is 0 Å². The van der Waals surface area contributed by atoms with E-state index in [2.05, 4.69) is 5.10 Å². The molecule has 0 saturated heterocycles. The van der Waals surface area contributed by atoms with E-state index in [1.54, 1.807) is 19.1 Å². The lowest BCUT2D eigenvalue weighted by Crippen LogP contribution is -2.09. The van der Waals surface area contributed by atoms with Gasteiger partial charge in [-0.05, 0) is 24.6 Å². The molecule has 0 aliphatic rings. The van der Waals surface area contributed by atoms with Crippen molar-refractivity contribution in [2.24, 2.45) is 0 Å². The molecule has 0 atom stereocenters. The number of anilines is 1. The van der Waals surface area contributed by atoms with Gasteiger partial charge in [-0.1, -0.05) is 12.1 Å². The van der Waals surface area contributed by atoms with Crippen molar-refractivity contribution in [3.8, 4) is 0 Å². The molecular weight excluding hydrogens is 274 g/mol. The summed E-state index contributed by atoms with van der Waals surface area (Å²) in [7, 11) is 0. The van der Waals surface area contributed by atoms with Gasteiger partial charge in [0.15, 0.2) is 5.69 Å². The fraction of sp³-hybridized carbons (Fsp3) is 0.214. The van der Waals surface area contributed by atoms with Gasteiger partial charge in [-0.25, -0.2) is 9.59 Å². The van der Waals surface area contributed by atoms with Gasteiger partial charge in [-0.3, -0.25) is 4.68 Å². The van der Waals surface area contributed by atoms with E-state index in [0.717, 1.165) is 5.56 Å². The second kappa shape index (κ2) is 6.08. The number of hydrogen-bond donors (Lipinski definition) is 2. The number of nitrogens with two attached hydrogens (primary N) is 1. The molecular formula is C14H15N3O4. The van der Waals surface area contributed by atoms with E-state index in [1.165, 1.54) is 23.0 Å². The number of nitrogens with zero attached hydrogens (tertiary/aromatic N) is 2. The van der Waals surface area contributed by atoms with E-state index in [4.69, 9.17) is 15.6 Å². The Hall–Kier alpha value is -2.83. The monoisotopic (exact) mass is 289 g/mol. The number of nitrogen functional groups attached to an aromatic ring is 1. The van der Waals surface area contributed by atoms with Gasteiger partial charge in [0.2, 0.25) is 0 Å². The minimum Gasteiger partial charge on any atom is -0.478 e. The van der Waals surface area contributed by atoms with Gasteiger partial charge in [0, 0.05) is 6.20 Å². The van der Waals surface area contributed by atoms with Gasteiger partial charge >= 0.3 is 11.9 Å². The molecule has 0 aliphatic heterocycles. The third-order valence-electron chi connectivity index (χ3n) is 2.80. The molecule has 3 N–H and O–H groups in total. The van der Waals surface area contributed by atoms with Crippen LogP contribution in [0.1, 0.15) is 33.3 Å². The average molecular weight is 289 g/mol. The lowest BCUT2D eigenvalue weighted by atomic mass is 10.1. The zero-order chi connectivity index (χ0) is 15.4. The molecule has 1 aromatic heterocycles. The second-order valence-corrected chi connectivity index (χ2v) is 4.35. The van der Waals surface area contributed by atoms with Crippen LogP contribution in [0.5, 0.6) is 0 Å². The van der Waals surface area contributed by atoms with E-state index in [1.807, 2.05) is 0 Å². The maximum Gasteiger partial charge on any atom is 0.361 e. The number of hydrogen-bond acceptors (Lipinski definition) is 5. The Balaban J connectivity index is 2.14. The summed E-state index contributed by atoms with van der Waals surface area (Å²) in [5, 5.41) is 12.9. The highest BCUT2D eigenvalue weighted by molar-refractivity contribution is 5.92. The van der Waals surface area contributed by atoms with Gasteiger partial charge in [0.05, 0.1) is 24.4 Å². The number of aromatic nitrogens is 2. The Morgan fingerprint density at radius 3 is 2.57 bits per heavy atom. The maximum atomic E-state index is 11.6. The van der Waals surface area contributed by atoms with Gasteiger partial charge in [0.25, 0.3) is 0 Å². The van der Waals surface area contributed by atoms with Crippen molar-refractivity contribution in [1.29, 1.82) is 0 Å². The topological polar surface area (TPSA) is 107 Å². The number of rotatable bonds is 5. The van der Waals surface area contributed by atoms with E-state index in [0.29, 0.717) is 6.54 Å². The van der Waals surface area contributed by atoms with Crippen LogP contribution in [0.15, 0.2) is 30.5 Å². The number of carboxylic acids is 1.